The van der Waals surface area contributed by atoms with E-state index in [-0.39, 0.29) is 18.2 Å². The largest absolute Gasteiger partial charge is 0.465 e. The minimum absolute atomic E-state index is 0.0608. The molecule has 16 heavy (non-hydrogen) atoms. The number of carbonyl (C=O) groups excluding carboxylic acids is 1. The van der Waals surface area contributed by atoms with E-state index in [4.69, 9.17) is 16.3 Å². The third-order valence-electron chi connectivity index (χ3n) is 1.87. The van der Waals surface area contributed by atoms with Gasteiger partial charge in [-0.3, -0.25) is 0 Å². The Hall–Kier alpha value is -1.63. The molecular weight excluding hydrogens is 238 g/mol. The number of ether oxygens (including phenoxy) is 1. The number of carbonyl (C=O) groups is 1. The Labute approximate surface area is 96.1 Å². The fourth-order valence-electron chi connectivity index (χ4n) is 1.11. The molecule has 0 N–H and O–H groups in total. The van der Waals surface area contributed by atoms with E-state index in [9.17, 15) is 14.9 Å². The normalized spacial score (nSPS) is 10.2. The number of hydrogen-bond acceptors (Lipinski definition) is 5. The second-order valence-electron chi connectivity index (χ2n) is 2.94. The van der Waals surface area contributed by atoms with E-state index < -0.39 is 16.7 Å². The fourth-order valence-corrected chi connectivity index (χ4v) is 1.31. The molecule has 1 rings (SSSR count). The smallest absolute Gasteiger partial charge is 0.408 e. The van der Waals surface area contributed by atoms with Crippen LogP contribution in [0.4, 0.5) is 5.82 Å². The molecule has 1 aromatic heterocycles. The fraction of sp³-hybridized carbons (Fsp3) is 0.500. The van der Waals surface area contributed by atoms with Gasteiger partial charge in [0.25, 0.3) is 0 Å². The van der Waals surface area contributed by atoms with Gasteiger partial charge in [-0.15, -0.1) is 0 Å². The van der Waals surface area contributed by atoms with Gasteiger partial charge in [0, 0.05) is 0 Å². The summed E-state index contributed by atoms with van der Waals surface area (Å²) >= 11 is 5.69. The summed E-state index contributed by atoms with van der Waals surface area (Å²) in [6.07, 6.45) is 0. The molecule has 0 aliphatic heterocycles. The van der Waals surface area contributed by atoms with Crippen molar-refractivity contribution in [3.63, 3.8) is 0 Å². The van der Waals surface area contributed by atoms with Crippen molar-refractivity contribution in [2.75, 3.05) is 6.61 Å². The molecule has 7 nitrogen and oxygen atoms in total. The van der Waals surface area contributed by atoms with Gasteiger partial charge in [0.1, 0.15) is 0 Å². The first kappa shape index (κ1) is 12.4. The summed E-state index contributed by atoms with van der Waals surface area (Å²) < 4.78 is 5.85. The van der Waals surface area contributed by atoms with Gasteiger partial charge in [-0.05, 0) is 18.8 Å². The first-order valence-electron chi connectivity index (χ1n) is 4.50. The predicted octanol–water partition coefficient (Wildman–Crippen LogP) is 1.32. The Morgan fingerprint density at radius 3 is 2.75 bits per heavy atom. The summed E-state index contributed by atoms with van der Waals surface area (Å²) in [5, 5.41) is 14.1. The highest BCUT2D eigenvalue weighted by atomic mass is 35.5. The molecule has 8 heteroatoms. The highest BCUT2D eigenvalue weighted by Crippen LogP contribution is 2.26. The van der Waals surface area contributed by atoms with E-state index >= 15 is 0 Å². The average Bonchev–Trinajstić information content (AvgIpc) is 2.46. The van der Waals surface area contributed by atoms with E-state index in [1.807, 2.05) is 0 Å². The summed E-state index contributed by atoms with van der Waals surface area (Å²) in [6, 6.07) is 0. The molecule has 0 radical (unpaired) electrons. The van der Waals surface area contributed by atoms with Crippen LogP contribution in [0.15, 0.2) is 0 Å². The van der Waals surface area contributed by atoms with Gasteiger partial charge in [0.15, 0.2) is 11.6 Å². The van der Waals surface area contributed by atoms with Crippen LogP contribution < -0.4 is 0 Å². The van der Waals surface area contributed by atoms with Gasteiger partial charge in [-0.1, -0.05) is 11.6 Å². The lowest BCUT2D eigenvalue weighted by molar-refractivity contribution is -0.389. The number of esters is 1. The maximum atomic E-state index is 11.2. The van der Waals surface area contributed by atoms with Gasteiger partial charge >= 0.3 is 11.8 Å². The van der Waals surface area contributed by atoms with Crippen LogP contribution in [-0.4, -0.2) is 27.3 Å². The van der Waals surface area contributed by atoms with Crippen molar-refractivity contribution in [2.45, 2.75) is 20.4 Å². The quantitative estimate of drug-likeness (QED) is 0.455. The molecule has 0 aliphatic carbocycles. The number of nitrogens with zero attached hydrogens (tertiary/aromatic N) is 3. The highest BCUT2D eigenvalue weighted by Gasteiger charge is 2.25. The first-order valence-corrected chi connectivity index (χ1v) is 4.88. The molecule has 1 heterocycles. The van der Waals surface area contributed by atoms with Crippen LogP contribution in [0, 0.1) is 17.0 Å². The Morgan fingerprint density at radius 1 is 1.69 bits per heavy atom. The lowest BCUT2D eigenvalue weighted by Gasteiger charge is -1.99. The van der Waals surface area contributed by atoms with Crippen molar-refractivity contribution in [1.82, 2.24) is 9.78 Å². The van der Waals surface area contributed by atoms with Crippen LogP contribution in [0.5, 0.6) is 0 Å². The second-order valence-corrected chi connectivity index (χ2v) is 3.32. The number of halogens is 1. The molecule has 88 valence electrons. The summed E-state index contributed by atoms with van der Waals surface area (Å²) in [7, 11) is 0. The van der Waals surface area contributed by atoms with Crippen molar-refractivity contribution >= 4 is 23.4 Å². The van der Waals surface area contributed by atoms with Gasteiger partial charge in [0.2, 0.25) is 0 Å². The number of aromatic nitrogens is 2. The molecule has 0 amide bonds. The van der Waals surface area contributed by atoms with Gasteiger partial charge < -0.3 is 14.9 Å². The molecular formula is C8H10ClN3O4. The van der Waals surface area contributed by atoms with Crippen molar-refractivity contribution in [2.24, 2.45) is 0 Å². The highest BCUT2D eigenvalue weighted by molar-refractivity contribution is 6.33. The summed E-state index contributed by atoms with van der Waals surface area (Å²) in [5.74, 6) is -0.969. The molecule has 0 unspecified atom stereocenters. The second kappa shape index (κ2) is 4.93. The molecule has 0 saturated carbocycles. The van der Waals surface area contributed by atoms with E-state index in [1.54, 1.807) is 13.8 Å². The zero-order valence-corrected chi connectivity index (χ0v) is 9.52. The molecule has 0 spiro atoms. The Balaban J connectivity index is 2.94. The van der Waals surface area contributed by atoms with Crippen LogP contribution in [-0.2, 0) is 16.1 Å². The van der Waals surface area contributed by atoms with Gasteiger partial charge in [-0.25, -0.2) is 4.79 Å². The number of rotatable bonds is 4. The predicted molar refractivity (Wildman–Crippen MR) is 55.3 cm³/mol. The van der Waals surface area contributed by atoms with Crippen LogP contribution in [0.1, 0.15) is 12.6 Å². The van der Waals surface area contributed by atoms with E-state index in [0.29, 0.717) is 5.69 Å². The van der Waals surface area contributed by atoms with E-state index in [2.05, 4.69) is 5.10 Å². The van der Waals surface area contributed by atoms with Crippen molar-refractivity contribution in [1.29, 1.82) is 0 Å². The van der Waals surface area contributed by atoms with E-state index in [0.717, 1.165) is 4.68 Å². The molecule has 0 bridgehead atoms. The Kier molecular flexibility index (Phi) is 3.83. The average molecular weight is 248 g/mol. The standard InChI is InChI=1S/C8H10ClN3O4/c1-3-16-6(13)4-11-5(2)7(9)8(10-11)12(14)15/h3-4H2,1-2H3. The Bertz CT molecular complexity index is 429. The SMILES string of the molecule is CCOC(=O)Cn1nc([N+](=O)[O-])c(Cl)c1C. The summed E-state index contributed by atoms with van der Waals surface area (Å²) in [6.45, 7) is 3.27. The zero-order valence-electron chi connectivity index (χ0n) is 8.77. The molecule has 0 saturated heterocycles. The lowest BCUT2D eigenvalue weighted by atomic mass is 10.4. The maximum absolute atomic E-state index is 11.2. The minimum Gasteiger partial charge on any atom is -0.465 e. The number of hydrogen-bond donors (Lipinski definition) is 0. The zero-order chi connectivity index (χ0) is 12.3. The maximum Gasteiger partial charge on any atom is 0.408 e. The number of nitro groups is 1. The molecule has 0 aliphatic rings. The van der Waals surface area contributed by atoms with Gasteiger partial charge in [0.05, 0.1) is 17.4 Å². The van der Waals surface area contributed by atoms with Gasteiger partial charge in [-0.2, -0.15) is 4.68 Å². The van der Waals surface area contributed by atoms with Crippen LogP contribution in [0.2, 0.25) is 5.02 Å². The van der Waals surface area contributed by atoms with Crippen LogP contribution >= 0.6 is 11.6 Å². The summed E-state index contributed by atoms with van der Waals surface area (Å²) in [5.41, 5.74) is 0.362. The third-order valence-corrected chi connectivity index (χ3v) is 2.32. The van der Waals surface area contributed by atoms with Crippen molar-refractivity contribution < 1.29 is 14.5 Å². The minimum atomic E-state index is -0.697. The molecule has 1 aromatic rings. The Morgan fingerprint density at radius 2 is 2.31 bits per heavy atom. The molecule has 0 fully saturated rings. The molecule has 0 aromatic carbocycles. The van der Waals surface area contributed by atoms with Crippen LogP contribution in [0.3, 0.4) is 0 Å². The topological polar surface area (TPSA) is 87.3 Å². The van der Waals surface area contributed by atoms with Crippen LogP contribution in [0.25, 0.3) is 0 Å². The van der Waals surface area contributed by atoms with Crippen molar-refractivity contribution in [3.8, 4) is 0 Å². The lowest BCUT2D eigenvalue weighted by Crippen LogP contribution is -2.15. The van der Waals surface area contributed by atoms with E-state index in [1.165, 1.54) is 0 Å². The molecule has 0 atom stereocenters. The van der Waals surface area contributed by atoms with Crippen molar-refractivity contribution in [3.05, 3.63) is 20.8 Å². The monoisotopic (exact) mass is 247 g/mol. The summed E-state index contributed by atoms with van der Waals surface area (Å²) in [4.78, 5) is 21.0. The first-order chi connectivity index (χ1) is 7.47. The third kappa shape index (κ3) is 2.48.